The van der Waals surface area contributed by atoms with Gasteiger partial charge in [0.1, 0.15) is 6.61 Å². The van der Waals surface area contributed by atoms with Crippen LogP contribution in [0, 0.1) is 0 Å². The molecule has 9 nitrogen and oxygen atoms in total. The third-order valence-electron chi connectivity index (χ3n) is 9.49. The number of phosphoric acid groups is 1. The number of hydrogen-bond acceptors (Lipinski definition) is 8. The second-order valence-electron chi connectivity index (χ2n) is 15.6. The molecule has 2 unspecified atom stereocenters. The van der Waals surface area contributed by atoms with Gasteiger partial charge in [0.2, 0.25) is 0 Å². The molecule has 0 radical (unpaired) electrons. The van der Waals surface area contributed by atoms with Crippen molar-refractivity contribution in [3.05, 3.63) is 146 Å². The SMILES string of the molecule is CC/C=C\C/C=C\C/C=C\C/C=C\C/C=C\C/C=C\C/C=C\C/C=C\C/C=C\C/C=C\C/C=C\C/C=C\CCCCC(=O)OC(COC(=O)CCCCCCCC)COP(=O)(O)OCCN. The summed E-state index contributed by atoms with van der Waals surface area (Å²) < 4.78 is 32.5. The Labute approximate surface area is 401 Å². The molecule has 66 heavy (non-hydrogen) atoms. The monoisotopic (exact) mass is 934 g/mol. The van der Waals surface area contributed by atoms with Crippen LogP contribution in [0.25, 0.3) is 0 Å². The van der Waals surface area contributed by atoms with Gasteiger partial charge in [-0.1, -0.05) is 192 Å². The molecule has 3 N–H and O–H groups in total. The van der Waals surface area contributed by atoms with Crippen molar-refractivity contribution < 1.29 is 37.6 Å². The Kier molecular flexibility index (Phi) is 47.2. The maximum absolute atomic E-state index is 12.5. The number of nitrogens with two attached hydrogens (primary N) is 1. The Morgan fingerprint density at radius 1 is 0.470 bits per heavy atom. The first kappa shape index (κ1) is 61.9. The molecule has 0 fully saturated rings. The van der Waals surface area contributed by atoms with Crippen LogP contribution in [0.15, 0.2) is 146 Å². The molecule has 0 aliphatic rings. The van der Waals surface area contributed by atoms with E-state index >= 15 is 0 Å². The van der Waals surface area contributed by atoms with Gasteiger partial charge in [-0.2, -0.15) is 0 Å². The zero-order valence-corrected chi connectivity index (χ0v) is 41.7. The van der Waals surface area contributed by atoms with E-state index < -0.39 is 32.5 Å². The van der Waals surface area contributed by atoms with E-state index in [4.69, 9.17) is 24.3 Å². The lowest BCUT2D eigenvalue weighted by Gasteiger charge is -2.19. The minimum absolute atomic E-state index is 0.0390. The largest absolute Gasteiger partial charge is 0.472 e. The van der Waals surface area contributed by atoms with E-state index in [0.29, 0.717) is 6.42 Å². The minimum Gasteiger partial charge on any atom is -0.462 e. The van der Waals surface area contributed by atoms with Gasteiger partial charge >= 0.3 is 19.8 Å². The van der Waals surface area contributed by atoms with Gasteiger partial charge in [-0.05, 0) is 103 Å². The maximum atomic E-state index is 12.5. The van der Waals surface area contributed by atoms with E-state index in [1.54, 1.807) is 0 Å². The summed E-state index contributed by atoms with van der Waals surface area (Å²) in [6.07, 6.45) is 72.3. The van der Waals surface area contributed by atoms with Crippen LogP contribution in [-0.2, 0) is 32.7 Å². The molecule has 0 aromatic heterocycles. The number of carbonyl (C=O) groups is 2. The van der Waals surface area contributed by atoms with E-state index in [1.807, 2.05) is 0 Å². The van der Waals surface area contributed by atoms with Gasteiger partial charge in [0.15, 0.2) is 6.10 Å². The molecule has 0 spiro atoms. The maximum Gasteiger partial charge on any atom is 0.472 e. The average Bonchev–Trinajstić information content (AvgIpc) is 3.31. The van der Waals surface area contributed by atoms with Crippen LogP contribution in [0.3, 0.4) is 0 Å². The summed E-state index contributed by atoms with van der Waals surface area (Å²) in [6.45, 7) is 3.45. The highest BCUT2D eigenvalue weighted by Crippen LogP contribution is 2.43. The van der Waals surface area contributed by atoms with Gasteiger partial charge in [-0.3, -0.25) is 18.6 Å². The molecule has 0 aliphatic carbocycles. The molecule has 370 valence electrons. The van der Waals surface area contributed by atoms with Crippen molar-refractivity contribution in [3.63, 3.8) is 0 Å². The molecular weight excluding hydrogens is 846 g/mol. The Balaban J connectivity index is 4.04. The van der Waals surface area contributed by atoms with Crippen LogP contribution >= 0.6 is 7.82 Å². The zero-order valence-electron chi connectivity index (χ0n) is 40.9. The molecule has 0 saturated carbocycles. The predicted octanol–water partition coefficient (Wildman–Crippen LogP) is 15.2. The number of allylic oxidation sites excluding steroid dienone is 24. The quantitative estimate of drug-likeness (QED) is 0.0265. The van der Waals surface area contributed by atoms with Crippen molar-refractivity contribution in [1.82, 2.24) is 0 Å². The second kappa shape index (κ2) is 50.3. The molecule has 0 aliphatic heterocycles. The van der Waals surface area contributed by atoms with Crippen molar-refractivity contribution in [2.75, 3.05) is 26.4 Å². The number of rotatable bonds is 44. The van der Waals surface area contributed by atoms with Crippen LogP contribution in [0.4, 0.5) is 0 Å². The topological polar surface area (TPSA) is 134 Å². The average molecular weight is 934 g/mol. The lowest BCUT2D eigenvalue weighted by Crippen LogP contribution is -2.29. The summed E-state index contributed by atoms with van der Waals surface area (Å²) in [5.74, 6) is -0.905. The Hall–Kier alpha value is -4.11. The van der Waals surface area contributed by atoms with E-state index in [1.165, 1.54) is 6.42 Å². The Morgan fingerprint density at radius 2 is 0.833 bits per heavy atom. The molecule has 0 saturated heterocycles. The highest BCUT2D eigenvalue weighted by molar-refractivity contribution is 7.47. The van der Waals surface area contributed by atoms with E-state index in [-0.39, 0.29) is 32.6 Å². The number of carbonyl (C=O) groups excluding carboxylic acids is 2. The number of ether oxygens (including phenoxy) is 2. The van der Waals surface area contributed by atoms with E-state index in [9.17, 15) is 19.0 Å². The summed E-state index contributed by atoms with van der Waals surface area (Å²) >= 11 is 0. The first-order chi connectivity index (χ1) is 32.3. The fourth-order valence-electron chi connectivity index (χ4n) is 5.85. The summed E-state index contributed by atoms with van der Waals surface area (Å²) in [6, 6.07) is 0. The van der Waals surface area contributed by atoms with Crippen LogP contribution in [0.5, 0.6) is 0 Å². The molecule has 0 bridgehead atoms. The van der Waals surface area contributed by atoms with Crippen LogP contribution in [0.2, 0.25) is 0 Å². The fourth-order valence-corrected chi connectivity index (χ4v) is 6.61. The number of hydrogen-bond donors (Lipinski definition) is 2. The van der Waals surface area contributed by atoms with E-state index in [2.05, 4.69) is 160 Å². The molecular formula is C56H88NO8P. The zero-order chi connectivity index (χ0) is 48.1. The first-order valence-electron chi connectivity index (χ1n) is 24.8. The molecule has 0 heterocycles. The van der Waals surface area contributed by atoms with Crippen LogP contribution in [-0.4, -0.2) is 49.3 Å². The van der Waals surface area contributed by atoms with Gasteiger partial charge in [-0.25, -0.2) is 4.57 Å². The second-order valence-corrected chi connectivity index (χ2v) is 17.1. The van der Waals surface area contributed by atoms with E-state index in [0.717, 1.165) is 122 Å². The lowest BCUT2D eigenvalue weighted by atomic mass is 10.1. The van der Waals surface area contributed by atoms with Crippen LogP contribution in [0.1, 0.15) is 162 Å². The highest BCUT2D eigenvalue weighted by atomic mass is 31.2. The molecule has 0 aromatic rings. The molecule has 2 atom stereocenters. The van der Waals surface area contributed by atoms with Crippen molar-refractivity contribution in [2.24, 2.45) is 5.73 Å². The standard InChI is InChI=1S/C56H88NO8P/c1-3-5-7-9-11-12-13-14-15-16-17-18-19-20-21-22-23-24-25-26-27-28-29-30-31-32-33-34-35-36-37-38-39-40-41-42-43-45-47-49-56(59)65-54(53-64-66(60,61)63-51-50-57)52-62-55(58)48-46-44-10-8-6-4-2/h5,7,11-12,14-15,17-18,20-21,23-24,26-27,29-30,32-33,35-36,38-39,41-42,54H,3-4,6,8-10,13,16,19,22,25,28,31,34,37,40,43-53,57H2,1-2H3,(H,60,61)/b7-5-,12-11-,15-14-,18-17-,21-20-,24-23-,27-26-,30-29-,33-32-,36-35-,39-38-,42-41-. The molecule has 0 aromatic carbocycles. The van der Waals surface area contributed by atoms with Crippen molar-refractivity contribution in [3.8, 4) is 0 Å². The molecule has 0 rings (SSSR count). The van der Waals surface area contributed by atoms with Gasteiger partial charge in [0, 0.05) is 19.4 Å². The highest BCUT2D eigenvalue weighted by Gasteiger charge is 2.26. The number of phosphoric ester groups is 1. The molecule has 10 heteroatoms. The lowest BCUT2D eigenvalue weighted by molar-refractivity contribution is -0.161. The molecule has 0 amide bonds. The predicted molar refractivity (Wildman–Crippen MR) is 279 cm³/mol. The van der Waals surface area contributed by atoms with Crippen molar-refractivity contribution in [2.45, 2.75) is 168 Å². The summed E-state index contributed by atoms with van der Waals surface area (Å²) in [7, 11) is -4.39. The Morgan fingerprint density at radius 3 is 1.24 bits per heavy atom. The van der Waals surface area contributed by atoms with Crippen molar-refractivity contribution in [1.29, 1.82) is 0 Å². The smallest absolute Gasteiger partial charge is 0.462 e. The van der Waals surface area contributed by atoms with Gasteiger partial charge in [-0.15, -0.1) is 0 Å². The number of unbranched alkanes of at least 4 members (excludes halogenated alkanes) is 7. The van der Waals surface area contributed by atoms with Crippen LogP contribution < -0.4 is 5.73 Å². The van der Waals surface area contributed by atoms with Gasteiger partial charge in [0.25, 0.3) is 0 Å². The normalized spacial score (nSPS) is 14.4. The first-order valence-corrected chi connectivity index (χ1v) is 26.3. The minimum atomic E-state index is -4.39. The Bertz CT molecular complexity index is 1580. The number of esters is 2. The summed E-state index contributed by atoms with van der Waals surface area (Å²) in [5, 5.41) is 0. The summed E-state index contributed by atoms with van der Waals surface area (Å²) in [4.78, 5) is 34.6. The fraction of sp³-hybridized carbons (Fsp3) is 0.536. The van der Waals surface area contributed by atoms with Gasteiger partial charge in [0.05, 0.1) is 13.2 Å². The van der Waals surface area contributed by atoms with Crippen molar-refractivity contribution >= 4 is 19.8 Å². The summed E-state index contributed by atoms with van der Waals surface area (Å²) in [5.41, 5.74) is 5.33. The van der Waals surface area contributed by atoms with Gasteiger partial charge < -0.3 is 20.1 Å². The third kappa shape index (κ3) is 49.3. The third-order valence-corrected chi connectivity index (χ3v) is 10.5.